The largest absolute Gasteiger partial charge is 0.462 e. The van der Waals surface area contributed by atoms with Gasteiger partial charge in [-0.25, -0.2) is 4.98 Å². The molecule has 3 aromatic carbocycles. The molecule has 5 N–H and O–H groups in total. The smallest absolute Gasteiger partial charge is 0.229 e. The van der Waals surface area contributed by atoms with Crippen molar-refractivity contribution in [3.63, 3.8) is 0 Å². The van der Waals surface area contributed by atoms with Crippen LogP contribution in [-0.2, 0) is 4.74 Å². The first kappa shape index (κ1) is 21.6. The lowest BCUT2D eigenvalue weighted by molar-refractivity contribution is -0.277. The van der Waals surface area contributed by atoms with Crippen molar-refractivity contribution in [3.8, 4) is 5.75 Å². The molecule has 0 spiro atoms. The molecule has 8 heteroatoms. The molecule has 8 nitrogen and oxygen atoms in total. The van der Waals surface area contributed by atoms with Crippen molar-refractivity contribution in [3.05, 3.63) is 72.8 Å². The van der Waals surface area contributed by atoms with Crippen LogP contribution in [0, 0.1) is 0 Å². The first-order valence-corrected chi connectivity index (χ1v) is 10.7. The average Bonchev–Trinajstić information content (AvgIpc) is 2.85. The molecule has 0 unspecified atom stereocenters. The molecular formula is C25H24N2O6. The number of benzene rings is 3. The van der Waals surface area contributed by atoms with Crippen LogP contribution in [0.25, 0.3) is 21.8 Å². The van der Waals surface area contributed by atoms with E-state index in [1.54, 1.807) is 12.1 Å². The molecule has 1 aromatic heterocycles. The lowest BCUT2D eigenvalue weighted by Crippen LogP contribution is -2.60. The summed E-state index contributed by atoms with van der Waals surface area (Å²) in [6.45, 7) is -0.512. The van der Waals surface area contributed by atoms with Crippen LogP contribution >= 0.6 is 0 Å². The van der Waals surface area contributed by atoms with Crippen LogP contribution < -0.4 is 10.1 Å². The quantitative estimate of drug-likeness (QED) is 0.295. The fourth-order valence-electron chi connectivity index (χ4n) is 4.03. The van der Waals surface area contributed by atoms with Crippen molar-refractivity contribution in [2.75, 3.05) is 11.9 Å². The van der Waals surface area contributed by atoms with Crippen LogP contribution in [0.15, 0.2) is 72.8 Å². The van der Waals surface area contributed by atoms with Gasteiger partial charge in [-0.1, -0.05) is 36.4 Å². The highest BCUT2D eigenvalue weighted by atomic mass is 16.7. The summed E-state index contributed by atoms with van der Waals surface area (Å²) in [5.74, 6) is 0.398. The molecular weight excluding hydrogens is 424 g/mol. The molecule has 0 amide bonds. The van der Waals surface area contributed by atoms with E-state index in [1.165, 1.54) is 0 Å². The number of ether oxygens (including phenoxy) is 2. The van der Waals surface area contributed by atoms with Gasteiger partial charge in [-0.05, 0) is 36.4 Å². The van der Waals surface area contributed by atoms with E-state index in [-0.39, 0.29) is 0 Å². The Morgan fingerprint density at radius 3 is 2.00 bits per heavy atom. The summed E-state index contributed by atoms with van der Waals surface area (Å²) in [6, 6.07) is 22.9. The van der Waals surface area contributed by atoms with Gasteiger partial charge < -0.3 is 35.2 Å². The van der Waals surface area contributed by atoms with Crippen LogP contribution in [0.2, 0.25) is 0 Å². The van der Waals surface area contributed by atoms with Crippen LogP contribution in [0.3, 0.4) is 0 Å². The van der Waals surface area contributed by atoms with Gasteiger partial charge in [0.25, 0.3) is 0 Å². The van der Waals surface area contributed by atoms with Gasteiger partial charge in [-0.3, -0.25) is 0 Å². The second kappa shape index (κ2) is 8.93. The Bertz CT molecular complexity index is 1210. The molecule has 0 radical (unpaired) electrons. The number of nitrogens with zero attached hydrogens (tertiary/aromatic N) is 1. The summed E-state index contributed by atoms with van der Waals surface area (Å²) < 4.78 is 11.1. The van der Waals surface area contributed by atoms with Gasteiger partial charge in [0, 0.05) is 16.5 Å². The third kappa shape index (κ3) is 4.10. The zero-order valence-corrected chi connectivity index (χ0v) is 17.6. The minimum atomic E-state index is -1.49. The Balaban J connectivity index is 1.39. The van der Waals surface area contributed by atoms with Gasteiger partial charge in [0.15, 0.2) is 0 Å². The summed E-state index contributed by atoms with van der Waals surface area (Å²) >= 11 is 0. The molecule has 1 saturated heterocycles. The number of para-hydroxylation sites is 2. The van der Waals surface area contributed by atoms with Gasteiger partial charge in [-0.15, -0.1) is 0 Å². The van der Waals surface area contributed by atoms with E-state index in [0.29, 0.717) is 5.75 Å². The van der Waals surface area contributed by atoms with Gasteiger partial charge >= 0.3 is 0 Å². The summed E-state index contributed by atoms with van der Waals surface area (Å²) in [5, 5.41) is 44.8. The summed E-state index contributed by atoms with van der Waals surface area (Å²) in [7, 11) is 0. The minimum absolute atomic E-state index is 0.398. The Hall–Kier alpha value is -3.27. The van der Waals surface area contributed by atoms with Crippen molar-refractivity contribution < 1.29 is 29.9 Å². The zero-order chi connectivity index (χ0) is 22.9. The highest BCUT2D eigenvalue weighted by molar-refractivity contribution is 6.08. The third-order valence-electron chi connectivity index (χ3n) is 5.81. The lowest BCUT2D eigenvalue weighted by Gasteiger charge is -2.39. The maximum atomic E-state index is 10.2. The normalized spacial score (nSPS) is 25.3. The van der Waals surface area contributed by atoms with Crippen LogP contribution in [0.4, 0.5) is 11.4 Å². The Kier molecular flexibility index (Phi) is 5.84. The van der Waals surface area contributed by atoms with Gasteiger partial charge in [-0.2, -0.15) is 0 Å². The standard InChI is InChI=1S/C25H24N2O6/c28-13-20-22(29)23(30)24(31)25(33-20)32-15-11-9-14(10-12-15)26-21-16-5-1-3-7-18(16)27-19-8-4-2-6-17(19)21/h1-12,20,22-25,28-31H,13H2,(H,26,27)/t20-,22-,23+,24-,25+/m0/s1. The summed E-state index contributed by atoms with van der Waals surface area (Å²) in [5.41, 5.74) is 3.54. The average molecular weight is 448 g/mol. The molecule has 1 aliphatic rings. The fraction of sp³-hybridized carbons (Fsp3) is 0.240. The second-order valence-corrected chi connectivity index (χ2v) is 7.99. The number of nitrogens with one attached hydrogen (secondary N) is 1. The molecule has 5 atom stereocenters. The van der Waals surface area contributed by atoms with Crippen molar-refractivity contribution in [2.45, 2.75) is 30.7 Å². The minimum Gasteiger partial charge on any atom is -0.462 e. The maximum Gasteiger partial charge on any atom is 0.229 e. The van der Waals surface area contributed by atoms with Gasteiger partial charge in [0.05, 0.1) is 23.3 Å². The molecule has 170 valence electrons. The van der Waals surface area contributed by atoms with E-state index in [1.807, 2.05) is 60.7 Å². The second-order valence-electron chi connectivity index (χ2n) is 7.99. The monoisotopic (exact) mass is 448 g/mol. The molecule has 0 saturated carbocycles. The molecule has 4 aromatic rings. The summed E-state index contributed by atoms with van der Waals surface area (Å²) in [6.07, 6.45) is -6.64. The SMILES string of the molecule is OC[C@@H]1O[C@@H](Oc2ccc(Nc3c4ccccc4nc4ccccc34)cc2)[C@@H](O)[C@H](O)[C@H]1O. The van der Waals surface area contributed by atoms with E-state index in [0.717, 1.165) is 33.2 Å². The van der Waals surface area contributed by atoms with E-state index >= 15 is 0 Å². The predicted octanol–water partition coefficient (Wildman–Crippen LogP) is 2.31. The van der Waals surface area contributed by atoms with E-state index in [2.05, 4.69) is 5.32 Å². The first-order valence-electron chi connectivity index (χ1n) is 10.7. The molecule has 2 heterocycles. The Morgan fingerprint density at radius 1 is 0.788 bits per heavy atom. The van der Waals surface area contributed by atoms with Gasteiger partial charge in [0.2, 0.25) is 6.29 Å². The predicted molar refractivity (Wildman–Crippen MR) is 123 cm³/mol. The third-order valence-corrected chi connectivity index (χ3v) is 5.81. The number of fused-ring (bicyclic) bond motifs is 2. The van der Waals surface area contributed by atoms with Crippen LogP contribution in [-0.4, -0.2) is 62.7 Å². The Labute approximate surface area is 189 Å². The summed E-state index contributed by atoms with van der Waals surface area (Å²) in [4.78, 5) is 4.74. The zero-order valence-electron chi connectivity index (χ0n) is 17.6. The van der Waals surface area contributed by atoms with Crippen LogP contribution in [0.1, 0.15) is 0 Å². The number of rotatable bonds is 5. The van der Waals surface area contributed by atoms with Crippen molar-refractivity contribution in [1.29, 1.82) is 0 Å². The highest BCUT2D eigenvalue weighted by Gasteiger charge is 2.44. The Morgan fingerprint density at radius 2 is 1.39 bits per heavy atom. The molecule has 33 heavy (non-hydrogen) atoms. The first-order chi connectivity index (χ1) is 16.0. The molecule has 1 fully saturated rings. The van der Waals surface area contributed by atoms with Gasteiger partial charge in [0.1, 0.15) is 30.2 Å². The highest BCUT2D eigenvalue weighted by Crippen LogP contribution is 2.33. The van der Waals surface area contributed by atoms with Crippen molar-refractivity contribution in [1.82, 2.24) is 4.98 Å². The molecule has 5 rings (SSSR count). The topological polar surface area (TPSA) is 124 Å². The van der Waals surface area contributed by atoms with Crippen molar-refractivity contribution in [2.24, 2.45) is 0 Å². The fourth-order valence-corrected chi connectivity index (χ4v) is 4.03. The molecule has 0 bridgehead atoms. The van der Waals surface area contributed by atoms with E-state index in [4.69, 9.17) is 14.5 Å². The number of hydrogen-bond donors (Lipinski definition) is 5. The van der Waals surface area contributed by atoms with E-state index in [9.17, 15) is 20.4 Å². The molecule has 0 aliphatic carbocycles. The number of aliphatic hydroxyl groups is 4. The van der Waals surface area contributed by atoms with E-state index < -0.39 is 37.3 Å². The number of hydrogen-bond acceptors (Lipinski definition) is 8. The van der Waals surface area contributed by atoms with Crippen molar-refractivity contribution >= 4 is 33.2 Å². The van der Waals surface area contributed by atoms with Crippen LogP contribution in [0.5, 0.6) is 5.75 Å². The number of anilines is 2. The maximum absolute atomic E-state index is 10.2. The number of aromatic nitrogens is 1. The number of aliphatic hydroxyl groups excluding tert-OH is 4. The molecule has 1 aliphatic heterocycles. The lowest BCUT2D eigenvalue weighted by atomic mass is 9.99. The number of pyridine rings is 1.